The Bertz CT molecular complexity index is 1360. The summed E-state index contributed by atoms with van der Waals surface area (Å²) in [5.41, 5.74) is 1.85. The number of hydrogen-bond acceptors (Lipinski definition) is 10. The second-order valence-corrected chi connectivity index (χ2v) is 11.7. The van der Waals surface area contributed by atoms with E-state index in [0.29, 0.717) is 28.6 Å². The molecule has 0 bridgehead atoms. The lowest BCUT2D eigenvalue weighted by Gasteiger charge is -2.23. The number of anilines is 1. The average Bonchev–Trinajstić information content (AvgIpc) is 3.24. The van der Waals surface area contributed by atoms with Crippen molar-refractivity contribution >= 4 is 28.7 Å². The number of ether oxygens (including phenoxy) is 3. The van der Waals surface area contributed by atoms with E-state index in [1.54, 1.807) is 22.5 Å². The molecule has 6 atom stereocenters. The second-order valence-electron chi connectivity index (χ2n) is 10.7. The molecule has 2 saturated carbocycles. The number of aromatic nitrogens is 5. The molecule has 3 aromatic rings. The number of aliphatic hydroxyl groups is 1. The molecule has 13 heteroatoms. The Morgan fingerprint density at radius 1 is 1.18 bits per heavy atom. The maximum Gasteiger partial charge on any atom is 0.191 e. The minimum atomic E-state index is -0.853. The summed E-state index contributed by atoms with van der Waals surface area (Å²) in [6.07, 6.45) is 1.38. The van der Waals surface area contributed by atoms with Crippen LogP contribution in [-0.4, -0.2) is 79.2 Å². The maximum absolute atomic E-state index is 13.8. The Hall–Kier alpha value is -2.45. The van der Waals surface area contributed by atoms with Gasteiger partial charge in [0.1, 0.15) is 12.2 Å². The molecule has 1 aliphatic heterocycles. The van der Waals surface area contributed by atoms with Gasteiger partial charge in [-0.2, -0.15) is 0 Å². The molecule has 10 nitrogen and oxygen atoms in total. The lowest BCUT2D eigenvalue weighted by Crippen LogP contribution is -2.31. The molecule has 2 aromatic heterocycles. The summed E-state index contributed by atoms with van der Waals surface area (Å²) in [6, 6.07) is 3.80. The number of nitrogens with one attached hydrogen (secondary N) is 1. The number of fused-ring (bicyclic) bond motifs is 2. The standard InChI is InChI=1S/C26H32F2N6O4S/c1-4-9-39-25-30-23(29-17-11-14(17)13-5-6-15(27)16(28)10-13)20-24(31-25)34(33-32-20)18-12-19(36-8-7-35)22-21(18)37-26(2,3)38-22/h5-6,10,14,17-19,21-22,35H,4,7-9,11-12H2,1-3H3,(H,29,30,31)/t14-,17?,18?,19+,21+,22-/m1/s1. The third-order valence-electron chi connectivity index (χ3n) is 7.34. The number of halogens is 2. The Kier molecular flexibility index (Phi) is 7.21. The second kappa shape index (κ2) is 10.5. The van der Waals surface area contributed by atoms with Gasteiger partial charge in [-0.25, -0.2) is 23.4 Å². The number of rotatable bonds is 10. The van der Waals surface area contributed by atoms with Crippen LogP contribution in [0.3, 0.4) is 0 Å². The molecule has 3 heterocycles. The summed E-state index contributed by atoms with van der Waals surface area (Å²) in [4.78, 5) is 9.57. The molecular weight excluding hydrogens is 530 g/mol. The van der Waals surface area contributed by atoms with E-state index >= 15 is 0 Å². The molecule has 6 rings (SSSR count). The largest absolute Gasteiger partial charge is 0.394 e. The van der Waals surface area contributed by atoms with Crippen LogP contribution in [-0.2, 0) is 14.2 Å². The van der Waals surface area contributed by atoms with Crippen LogP contribution < -0.4 is 5.32 Å². The van der Waals surface area contributed by atoms with Gasteiger partial charge in [0.2, 0.25) is 0 Å². The molecule has 0 radical (unpaired) electrons. The minimum Gasteiger partial charge on any atom is -0.394 e. The molecule has 3 aliphatic rings. The normalized spacial score (nSPS) is 29.2. The van der Waals surface area contributed by atoms with E-state index in [1.807, 2.05) is 13.8 Å². The first-order valence-corrected chi connectivity index (χ1v) is 14.3. The molecule has 2 unspecified atom stereocenters. The fraction of sp³-hybridized carbons (Fsp3) is 0.615. The third kappa shape index (κ3) is 5.22. The molecule has 0 spiro atoms. The summed E-state index contributed by atoms with van der Waals surface area (Å²) >= 11 is 1.55. The predicted molar refractivity (Wildman–Crippen MR) is 140 cm³/mol. The van der Waals surface area contributed by atoms with Crippen molar-refractivity contribution in [2.24, 2.45) is 0 Å². The molecule has 2 N–H and O–H groups in total. The highest BCUT2D eigenvalue weighted by molar-refractivity contribution is 7.99. The molecule has 39 heavy (non-hydrogen) atoms. The van der Waals surface area contributed by atoms with Crippen LogP contribution in [0.25, 0.3) is 11.2 Å². The van der Waals surface area contributed by atoms with Crippen LogP contribution in [0.4, 0.5) is 14.6 Å². The van der Waals surface area contributed by atoms with Gasteiger partial charge in [0, 0.05) is 24.1 Å². The van der Waals surface area contributed by atoms with E-state index in [0.717, 1.165) is 30.2 Å². The first-order valence-electron chi connectivity index (χ1n) is 13.3. The molecular formula is C26H32F2N6O4S. The molecule has 2 aliphatic carbocycles. The van der Waals surface area contributed by atoms with E-state index in [2.05, 4.69) is 22.6 Å². The smallest absolute Gasteiger partial charge is 0.191 e. The van der Waals surface area contributed by atoms with E-state index in [9.17, 15) is 13.9 Å². The number of aliphatic hydroxyl groups excluding tert-OH is 1. The van der Waals surface area contributed by atoms with Crippen molar-refractivity contribution in [2.45, 2.75) is 87.3 Å². The maximum atomic E-state index is 13.8. The first kappa shape index (κ1) is 26.8. The Morgan fingerprint density at radius 3 is 2.77 bits per heavy atom. The highest BCUT2D eigenvalue weighted by Gasteiger charge is 2.56. The zero-order chi connectivity index (χ0) is 27.3. The minimum absolute atomic E-state index is 0.00150. The highest BCUT2D eigenvalue weighted by Crippen LogP contribution is 2.46. The van der Waals surface area contributed by atoms with E-state index in [-0.39, 0.29) is 49.5 Å². The number of thioether (sulfide) groups is 1. The van der Waals surface area contributed by atoms with Gasteiger partial charge in [0.25, 0.3) is 0 Å². The fourth-order valence-electron chi connectivity index (χ4n) is 5.55. The van der Waals surface area contributed by atoms with Crippen LogP contribution in [0.1, 0.15) is 57.6 Å². The molecule has 0 amide bonds. The monoisotopic (exact) mass is 562 g/mol. The van der Waals surface area contributed by atoms with Crippen molar-refractivity contribution in [2.75, 3.05) is 24.3 Å². The predicted octanol–water partition coefficient (Wildman–Crippen LogP) is 3.81. The molecule has 3 fully saturated rings. The quantitative estimate of drug-likeness (QED) is 0.279. The Labute approximate surface area is 228 Å². The van der Waals surface area contributed by atoms with E-state index in [1.165, 1.54) is 6.07 Å². The Morgan fingerprint density at radius 2 is 2.00 bits per heavy atom. The van der Waals surface area contributed by atoms with Crippen LogP contribution in [0.2, 0.25) is 0 Å². The third-order valence-corrected chi connectivity index (χ3v) is 8.40. The van der Waals surface area contributed by atoms with Crippen molar-refractivity contribution in [1.29, 1.82) is 0 Å². The van der Waals surface area contributed by atoms with Crippen LogP contribution >= 0.6 is 11.8 Å². The van der Waals surface area contributed by atoms with Gasteiger partial charge in [0.15, 0.2) is 39.6 Å². The topological polar surface area (TPSA) is 116 Å². The summed E-state index contributed by atoms with van der Waals surface area (Å²) in [7, 11) is 0. The zero-order valence-corrected chi connectivity index (χ0v) is 22.8. The number of benzene rings is 1. The lowest BCUT2D eigenvalue weighted by molar-refractivity contribution is -0.171. The summed E-state index contributed by atoms with van der Waals surface area (Å²) in [5.74, 6) is -1.03. The van der Waals surface area contributed by atoms with Gasteiger partial charge >= 0.3 is 0 Å². The van der Waals surface area contributed by atoms with E-state index in [4.69, 9.17) is 24.2 Å². The van der Waals surface area contributed by atoms with Gasteiger partial charge < -0.3 is 24.6 Å². The molecule has 210 valence electrons. The average molecular weight is 563 g/mol. The van der Waals surface area contributed by atoms with E-state index < -0.39 is 17.4 Å². The van der Waals surface area contributed by atoms with Gasteiger partial charge in [-0.15, -0.1) is 5.10 Å². The summed E-state index contributed by atoms with van der Waals surface area (Å²) < 4.78 is 47.4. The van der Waals surface area contributed by atoms with Gasteiger partial charge in [-0.05, 0) is 44.4 Å². The first-order chi connectivity index (χ1) is 18.8. The highest BCUT2D eigenvalue weighted by atomic mass is 32.2. The summed E-state index contributed by atoms with van der Waals surface area (Å²) in [5, 5.41) is 22.3. The van der Waals surface area contributed by atoms with Gasteiger partial charge in [-0.3, -0.25) is 0 Å². The van der Waals surface area contributed by atoms with Crippen molar-refractivity contribution < 1.29 is 28.1 Å². The summed E-state index contributed by atoms with van der Waals surface area (Å²) in [6.45, 7) is 5.96. The molecule has 1 saturated heterocycles. The van der Waals surface area contributed by atoms with Crippen molar-refractivity contribution in [3.05, 3.63) is 35.4 Å². The zero-order valence-electron chi connectivity index (χ0n) is 22.0. The van der Waals surface area contributed by atoms with Crippen molar-refractivity contribution in [3.63, 3.8) is 0 Å². The van der Waals surface area contributed by atoms with Crippen LogP contribution in [0.15, 0.2) is 23.4 Å². The number of hydrogen-bond donors (Lipinski definition) is 2. The SMILES string of the molecule is CCCSc1nc(NC2C[C@@H]2c2ccc(F)c(F)c2)c2nnn(C3C[C@H](OCCO)[C@H]4OC(C)(C)O[C@@H]34)c2n1. The van der Waals surface area contributed by atoms with Crippen LogP contribution in [0, 0.1) is 11.6 Å². The number of nitrogens with zero attached hydrogens (tertiary/aromatic N) is 5. The lowest BCUT2D eigenvalue weighted by atomic mass is 10.1. The fourth-order valence-corrected chi connectivity index (χ4v) is 6.24. The van der Waals surface area contributed by atoms with Gasteiger partial charge in [0.05, 0.1) is 25.4 Å². The van der Waals surface area contributed by atoms with Crippen molar-refractivity contribution in [3.8, 4) is 0 Å². The molecule has 1 aromatic carbocycles. The Balaban J connectivity index is 1.31. The van der Waals surface area contributed by atoms with Gasteiger partial charge in [-0.1, -0.05) is 30.0 Å². The van der Waals surface area contributed by atoms with Crippen molar-refractivity contribution in [1.82, 2.24) is 25.0 Å². The van der Waals surface area contributed by atoms with Crippen LogP contribution in [0.5, 0.6) is 0 Å².